The van der Waals surface area contributed by atoms with E-state index in [2.05, 4.69) is 25.3 Å². The van der Waals surface area contributed by atoms with Crippen LogP contribution in [0.1, 0.15) is 18.9 Å². The van der Waals surface area contributed by atoms with Crippen molar-refractivity contribution in [1.82, 2.24) is 0 Å². The third kappa shape index (κ3) is 4.72. The van der Waals surface area contributed by atoms with Gasteiger partial charge in [0.05, 0.1) is 4.08 Å². The van der Waals surface area contributed by atoms with Crippen molar-refractivity contribution in [2.75, 3.05) is 0 Å². The Kier molecular flexibility index (Phi) is 4.08. The van der Waals surface area contributed by atoms with Crippen molar-refractivity contribution in [2.45, 2.75) is 23.8 Å². The highest BCUT2D eigenvalue weighted by atomic mass is 32.2. The SMILES string of the molecule is CC(S)(S)CC(=O)Cc1ccccc1. The van der Waals surface area contributed by atoms with Crippen molar-refractivity contribution in [2.24, 2.45) is 0 Å². The van der Waals surface area contributed by atoms with Crippen molar-refractivity contribution in [3.05, 3.63) is 35.9 Å². The van der Waals surface area contributed by atoms with Gasteiger partial charge in [-0.15, -0.1) is 0 Å². The van der Waals surface area contributed by atoms with E-state index in [1.165, 1.54) is 0 Å². The lowest BCUT2D eigenvalue weighted by atomic mass is 10.1. The Bertz CT molecular complexity index is 301. The van der Waals surface area contributed by atoms with Crippen LogP contribution in [0.3, 0.4) is 0 Å². The zero-order valence-corrected chi connectivity index (χ0v) is 9.89. The summed E-state index contributed by atoms with van der Waals surface area (Å²) in [7, 11) is 0. The van der Waals surface area contributed by atoms with Gasteiger partial charge in [-0.05, 0) is 12.5 Å². The van der Waals surface area contributed by atoms with E-state index in [4.69, 9.17) is 0 Å². The Hall–Kier alpha value is -0.410. The highest BCUT2D eigenvalue weighted by Crippen LogP contribution is 2.23. The van der Waals surface area contributed by atoms with Crippen LogP contribution in [0.5, 0.6) is 0 Å². The zero-order chi connectivity index (χ0) is 10.6. The van der Waals surface area contributed by atoms with Crippen LogP contribution >= 0.6 is 25.3 Å². The molecule has 0 aromatic heterocycles. The fourth-order valence-corrected chi connectivity index (χ4v) is 1.61. The molecule has 1 nitrogen and oxygen atoms in total. The van der Waals surface area contributed by atoms with Gasteiger partial charge in [-0.2, -0.15) is 25.3 Å². The molecule has 1 aromatic rings. The Morgan fingerprint density at radius 2 is 1.86 bits per heavy atom. The van der Waals surface area contributed by atoms with Crippen molar-refractivity contribution in [3.8, 4) is 0 Å². The van der Waals surface area contributed by atoms with E-state index in [1.807, 2.05) is 37.3 Å². The molecule has 0 N–H and O–H groups in total. The molecule has 1 rings (SSSR count). The van der Waals surface area contributed by atoms with Gasteiger partial charge in [0.25, 0.3) is 0 Å². The molecule has 0 heterocycles. The van der Waals surface area contributed by atoms with E-state index < -0.39 is 4.08 Å². The van der Waals surface area contributed by atoms with Crippen LogP contribution in [0.4, 0.5) is 0 Å². The predicted octanol–water partition coefficient (Wildman–Crippen LogP) is 2.76. The van der Waals surface area contributed by atoms with E-state index in [0.717, 1.165) is 5.56 Å². The predicted molar refractivity (Wildman–Crippen MR) is 66.1 cm³/mol. The van der Waals surface area contributed by atoms with Gasteiger partial charge < -0.3 is 0 Å². The number of carbonyl (C=O) groups excluding carboxylic acids is 1. The minimum absolute atomic E-state index is 0.170. The fraction of sp³-hybridized carbons (Fsp3) is 0.364. The molecule has 0 saturated heterocycles. The monoisotopic (exact) mass is 226 g/mol. The normalized spacial score (nSPS) is 11.4. The molecular weight excluding hydrogens is 212 g/mol. The topological polar surface area (TPSA) is 17.1 Å². The summed E-state index contributed by atoms with van der Waals surface area (Å²) in [5.41, 5.74) is 1.04. The van der Waals surface area contributed by atoms with E-state index in [9.17, 15) is 4.79 Å². The van der Waals surface area contributed by atoms with Gasteiger partial charge in [0.15, 0.2) is 0 Å². The van der Waals surface area contributed by atoms with Crippen LogP contribution in [-0.2, 0) is 11.2 Å². The van der Waals surface area contributed by atoms with Gasteiger partial charge in [-0.3, -0.25) is 4.79 Å². The summed E-state index contributed by atoms with van der Waals surface area (Å²) in [4.78, 5) is 11.5. The second-order valence-electron chi connectivity index (χ2n) is 3.59. The van der Waals surface area contributed by atoms with Gasteiger partial charge >= 0.3 is 0 Å². The number of Topliss-reactive ketones (excluding diaryl/α,β-unsaturated/α-hetero) is 1. The first-order valence-electron chi connectivity index (χ1n) is 4.48. The smallest absolute Gasteiger partial charge is 0.139 e. The third-order valence-electron chi connectivity index (χ3n) is 1.78. The summed E-state index contributed by atoms with van der Waals surface area (Å²) in [5, 5.41) is 0. The average Bonchev–Trinajstić information content (AvgIpc) is 2.02. The van der Waals surface area contributed by atoms with E-state index in [1.54, 1.807) is 0 Å². The molecule has 0 atom stereocenters. The molecule has 0 unspecified atom stereocenters. The minimum Gasteiger partial charge on any atom is -0.299 e. The molecule has 1 aromatic carbocycles. The van der Waals surface area contributed by atoms with E-state index in [-0.39, 0.29) is 5.78 Å². The van der Waals surface area contributed by atoms with Crippen LogP contribution in [0, 0.1) is 0 Å². The Balaban J connectivity index is 2.50. The summed E-state index contributed by atoms with van der Waals surface area (Å²) >= 11 is 8.41. The highest BCUT2D eigenvalue weighted by Gasteiger charge is 2.17. The molecule has 0 radical (unpaired) electrons. The fourth-order valence-electron chi connectivity index (χ4n) is 1.26. The zero-order valence-electron chi connectivity index (χ0n) is 8.10. The van der Waals surface area contributed by atoms with Crippen molar-refractivity contribution in [3.63, 3.8) is 0 Å². The first-order chi connectivity index (χ1) is 6.47. The Morgan fingerprint density at radius 3 is 2.36 bits per heavy atom. The average molecular weight is 226 g/mol. The molecule has 0 amide bonds. The number of hydrogen-bond acceptors (Lipinski definition) is 3. The van der Waals surface area contributed by atoms with Gasteiger partial charge in [-0.25, -0.2) is 0 Å². The largest absolute Gasteiger partial charge is 0.299 e. The first-order valence-corrected chi connectivity index (χ1v) is 5.37. The Morgan fingerprint density at radius 1 is 1.29 bits per heavy atom. The summed E-state index contributed by atoms with van der Waals surface area (Å²) in [6, 6.07) is 9.71. The first kappa shape index (κ1) is 11.7. The van der Waals surface area contributed by atoms with Crippen molar-refractivity contribution >= 4 is 31.0 Å². The van der Waals surface area contributed by atoms with Crippen molar-refractivity contribution < 1.29 is 4.79 Å². The van der Waals surface area contributed by atoms with Gasteiger partial charge in [0.1, 0.15) is 5.78 Å². The molecule has 76 valence electrons. The number of thiol groups is 2. The van der Waals surface area contributed by atoms with Crippen LogP contribution in [0.25, 0.3) is 0 Å². The van der Waals surface area contributed by atoms with Gasteiger partial charge in [0, 0.05) is 12.8 Å². The molecular formula is C11H14OS2. The minimum atomic E-state index is -0.508. The van der Waals surface area contributed by atoms with Crippen LogP contribution in [-0.4, -0.2) is 9.86 Å². The number of ketones is 1. The molecule has 0 aliphatic rings. The summed E-state index contributed by atoms with van der Waals surface area (Å²) < 4.78 is -0.508. The molecule has 0 fully saturated rings. The molecule has 0 spiro atoms. The standard InChI is InChI=1S/C11H14OS2/c1-11(13,14)8-10(12)7-9-5-3-2-4-6-9/h2-6,13-14H,7-8H2,1H3. The molecule has 0 bridgehead atoms. The lowest BCUT2D eigenvalue weighted by Gasteiger charge is -2.14. The molecule has 14 heavy (non-hydrogen) atoms. The van der Waals surface area contributed by atoms with Crippen LogP contribution in [0.15, 0.2) is 30.3 Å². The number of carbonyl (C=O) groups is 1. The lowest BCUT2D eigenvalue weighted by Crippen LogP contribution is -2.15. The van der Waals surface area contributed by atoms with Crippen LogP contribution in [0.2, 0.25) is 0 Å². The summed E-state index contributed by atoms with van der Waals surface area (Å²) in [5.74, 6) is 0.170. The highest BCUT2D eigenvalue weighted by molar-refractivity contribution is 8.00. The maximum absolute atomic E-state index is 11.5. The number of hydrogen-bond donors (Lipinski definition) is 2. The van der Waals surface area contributed by atoms with E-state index >= 15 is 0 Å². The van der Waals surface area contributed by atoms with Crippen LogP contribution < -0.4 is 0 Å². The second kappa shape index (κ2) is 4.89. The summed E-state index contributed by atoms with van der Waals surface area (Å²) in [6.07, 6.45) is 0.853. The van der Waals surface area contributed by atoms with Gasteiger partial charge in [0.2, 0.25) is 0 Å². The quantitative estimate of drug-likeness (QED) is 0.596. The van der Waals surface area contributed by atoms with Gasteiger partial charge in [-0.1, -0.05) is 30.3 Å². The second-order valence-corrected chi connectivity index (χ2v) is 5.92. The molecule has 0 aliphatic heterocycles. The molecule has 3 heteroatoms. The maximum Gasteiger partial charge on any atom is 0.139 e. The van der Waals surface area contributed by atoms with E-state index in [0.29, 0.717) is 12.8 Å². The third-order valence-corrected chi connectivity index (χ3v) is 2.09. The lowest BCUT2D eigenvalue weighted by molar-refractivity contribution is -0.118. The Labute approximate surface area is 95.7 Å². The van der Waals surface area contributed by atoms with Crippen molar-refractivity contribution in [1.29, 1.82) is 0 Å². The number of rotatable bonds is 4. The summed E-state index contributed by atoms with van der Waals surface area (Å²) in [6.45, 7) is 1.82. The molecule has 0 saturated carbocycles. The maximum atomic E-state index is 11.5. The molecule has 0 aliphatic carbocycles. The number of benzene rings is 1.